The molecule has 3 aromatic rings. The molecule has 3 rings (SSSR count). The molecule has 1 N–H and O–H groups in total. The molecule has 2 heterocycles. The minimum absolute atomic E-state index is 0.216. The van der Waals surface area contributed by atoms with E-state index in [0.717, 1.165) is 5.76 Å². The minimum Gasteiger partial charge on any atom is -0.467 e. The number of rotatable bonds is 5. The second kappa shape index (κ2) is 5.88. The van der Waals surface area contributed by atoms with E-state index in [2.05, 4.69) is 15.3 Å². The van der Waals surface area contributed by atoms with Crippen LogP contribution >= 0.6 is 0 Å². The van der Waals surface area contributed by atoms with E-state index in [0.29, 0.717) is 23.3 Å². The van der Waals surface area contributed by atoms with Crippen LogP contribution in [-0.4, -0.2) is 23.7 Å². The zero-order chi connectivity index (χ0) is 14.7. The lowest BCUT2D eigenvalue weighted by Gasteiger charge is -2.17. The molecule has 0 saturated heterocycles. The Morgan fingerprint density at radius 2 is 2.24 bits per heavy atom. The molecular formula is C15H14FN3O2. The number of ether oxygens (including phenoxy) is 1. The standard InChI is InChI=1S/C15H14FN3O2/c1-20-8-13(14-3-2-6-21-14)19-15-11-7-10(16)4-5-12(11)17-9-18-15/h2-7,9,13H,8H2,1H3,(H,17,18,19). The van der Waals surface area contributed by atoms with Gasteiger partial charge < -0.3 is 14.5 Å². The Balaban J connectivity index is 1.97. The van der Waals surface area contributed by atoms with Gasteiger partial charge in [-0.15, -0.1) is 0 Å². The summed E-state index contributed by atoms with van der Waals surface area (Å²) in [5.74, 6) is 0.930. The number of furan rings is 1. The van der Waals surface area contributed by atoms with Crippen LogP contribution in [0, 0.1) is 5.82 Å². The molecule has 108 valence electrons. The van der Waals surface area contributed by atoms with Crippen LogP contribution in [0.4, 0.5) is 10.2 Å². The summed E-state index contributed by atoms with van der Waals surface area (Å²) in [4.78, 5) is 8.32. The van der Waals surface area contributed by atoms with Gasteiger partial charge in [0, 0.05) is 12.5 Å². The highest BCUT2D eigenvalue weighted by Gasteiger charge is 2.16. The normalized spacial score (nSPS) is 12.5. The van der Waals surface area contributed by atoms with Gasteiger partial charge in [-0.1, -0.05) is 0 Å². The maximum absolute atomic E-state index is 13.4. The van der Waals surface area contributed by atoms with Gasteiger partial charge in [0.2, 0.25) is 0 Å². The summed E-state index contributed by atoms with van der Waals surface area (Å²) < 4.78 is 24.0. The van der Waals surface area contributed by atoms with Crippen LogP contribution in [0.1, 0.15) is 11.8 Å². The molecule has 5 nitrogen and oxygen atoms in total. The number of methoxy groups -OCH3 is 1. The van der Waals surface area contributed by atoms with E-state index in [4.69, 9.17) is 9.15 Å². The summed E-state index contributed by atoms with van der Waals surface area (Å²) in [5, 5.41) is 3.83. The van der Waals surface area contributed by atoms with E-state index in [1.54, 1.807) is 25.5 Å². The van der Waals surface area contributed by atoms with Crippen LogP contribution < -0.4 is 5.32 Å². The fraction of sp³-hybridized carbons (Fsp3) is 0.200. The van der Waals surface area contributed by atoms with Gasteiger partial charge in [-0.2, -0.15) is 0 Å². The average Bonchev–Trinajstić information content (AvgIpc) is 3.01. The average molecular weight is 287 g/mol. The van der Waals surface area contributed by atoms with Gasteiger partial charge in [0.25, 0.3) is 0 Å². The van der Waals surface area contributed by atoms with E-state index in [1.807, 2.05) is 6.07 Å². The first kappa shape index (κ1) is 13.5. The molecule has 0 saturated carbocycles. The first-order valence-electron chi connectivity index (χ1n) is 6.47. The molecule has 1 atom stereocenters. The van der Waals surface area contributed by atoms with E-state index in [1.165, 1.54) is 18.5 Å². The molecule has 0 amide bonds. The third-order valence-electron chi connectivity index (χ3n) is 3.13. The first-order valence-corrected chi connectivity index (χ1v) is 6.47. The zero-order valence-corrected chi connectivity index (χ0v) is 11.4. The summed E-state index contributed by atoms with van der Waals surface area (Å²) in [5.41, 5.74) is 0.671. The largest absolute Gasteiger partial charge is 0.467 e. The molecule has 0 radical (unpaired) electrons. The number of anilines is 1. The fourth-order valence-corrected chi connectivity index (χ4v) is 2.16. The lowest BCUT2D eigenvalue weighted by molar-refractivity contribution is 0.178. The Labute approximate surface area is 120 Å². The molecule has 0 bridgehead atoms. The predicted molar refractivity (Wildman–Crippen MR) is 76.4 cm³/mol. The number of hydrogen-bond acceptors (Lipinski definition) is 5. The molecule has 0 aliphatic carbocycles. The Bertz CT molecular complexity index is 731. The summed E-state index contributed by atoms with van der Waals surface area (Å²) in [7, 11) is 1.61. The van der Waals surface area contributed by atoms with E-state index in [-0.39, 0.29) is 11.9 Å². The van der Waals surface area contributed by atoms with Crippen molar-refractivity contribution in [1.29, 1.82) is 0 Å². The summed E-state index contributed by atoms with van der Waals surface area (Å²) in [6.45, 7) is 0.397. The highest BCUT2D eigenvalue weighted by atomic mass is 19.1. The van der Waals surface area contributed by atoms with Gasteiger partial charge in [0.15, 0.2) is 0 Å². The zero-order valence-electron chi connectivity index (χ0n) is 11.4. The quantitative estimate of drug-likeness (QED) is 0.781. The first-order chi connectivity index (χ1) is 10.3. The molecule has 0 aliphatic rings. The highest BCUT2D eigenvalue weighted by Crippen LogP contribution is 2.25. The summed E-state index contributed by atoms with van der Waals surface area (Å²) >= 11 is 0. The van der Waals surface area contributed by atoms with Crippen LogP contribution in [-0.2, 0) is 4.74 Å². The van der Waals surface area contributed by atoms with E-state index in [9.17, 15) is 4.39 Å². The second-order valence-electron chi connectivity index (χ2n) is 4.55. The monoisotopic (exact) mass is 287 g/mol. The summed E-state index contributed by atoms with van der Waals surface area (Å²) in [6.07, 6.45) is 3.03. The Morgan fingerprint density at radius 1 is 1.33 bits per heavy atom. The van der Waals surface area contributed by atoms with Crippen molar-refractivity contribution in [2.75, 3.05) is 19.0 Å². The highest BCUT2D eigenvalue weighted by molar-refractivity contribution is 5.88. The van der Waals surface area contributed by atoms with Gasteiger partial charge in [-0.05, 0) is 30.3 Å². The topological polar surface area (TPSA) is 60.2 Å². The number of fused-ring (bicyclic) bond motifs is 1. The van der Waals surface area contributed by atoms with E-state index >= 15 is 0 Å². The van der Waals surface area contributed by atoms with Gasteiger partial charge in [-0.3, -0.25) is 0 Å². The Morgan fingerprint density at radius 3 is 3.00 bits per heavy atom. The number of nitrogens with zero attached hydrogens (tertiary/aromatic N) is 2. The van der Waals surface area contributed by atoms with Crippen molar-refractivity contribution in [3.63, 3.8) is 0 Å². The van der Waals surface area contributed by atoms with Gasteiger partial charge in [0.05, 0.1) is 18.4 Å². The van der Waals surface area contributed by atoms with Crippen LogP contribution in [0.3, 0.4) is 0 Å². The van der Waals surface area contributed by atoms with Crippen molar-refractivity contribution in [2.45, 2.75) is 6.04 Å². The van der Waals surface area contributed by atoms with Crippen molar-refractivity contribution in [1.82, 2.24) is 9.97 Å². The van der Waals surface area contributed by atoms with Gasteiger partial charge in [0.1, 0.15) is 29.8 Å². The van der Waals surface area contributed by atoms with Gasteiger partial charge >= 0.3 is 0 Å². The molecular weight excluding hydrogens is 273 g/mol. The molecule has 2 aromatic heterocycles. The van der Waals surface area contributed by atoms with Crippen LogP contribution in [0.15, 0.2) is 47.3 Å². The van der Waals surface area contributed by atoms with Crippen molar-refractivity contribution in [2.24, 2.45) is 0 Å². The molecule has 1 aromatic carbocycles. The van der Waals surface area contributed by atoms with Crippen LogP contribution in [0.2, 0.25) is 0 Å². The Kier molecular flexibility index (Phi) is 3.79. The molecule has 0 fully saturated rings. The smallest absolute Gasteiger partial charge is 0.138 e. The molecule has 21 heavy (non-hydrogen) atoms. The maximum Gasteiger partial charge on any atom is 0.138 e. The molecule has 0 spiro atoms. The SMILES string of the molecule is COCC(Nc1ncnc2ccc(F)cc12)c1ccco1. The van der Waals surface area contributed by atoms with Crippen LogP contribution in [0.5, 0.6) is 0 Å². The van der Waals surface area contributed by atoms with Crippen molar-refractivity contribution < 1.29 is 13.5 Å². The molecule has 1 unspecified atom stereocenters. The van der Waals surface area contributed by atoms with Crippen molar-refractivity contribution in [3.05, 3.63) is 54.5 Å². The third kappa shape index (κ3) is 2.85. The number of aromatic nitrogens is 2. The fourth-order valence-electron chi connectivity index (χ4n) is 2.16. The van der Waals surface area contributed by atoms with Crippen molar-refractivity contribution in [3.8, 4) is 0 Å². The lowest BCUT2D eigenvalue weighted by Crippen LogP contribution is -2.16. The minimum atomic E-state index is -0.332. The predicted octanol–water partition coefficient (Wildman–Crippen LogP) is 3.16. The number of nitrogens with one attached hydrogen (secondary N) is 1. The number of hydrogen-bond donors (Lipinski definition) is 1. The van der Waals surface area contributed by atoms with E-state index < -0.39 is 0 Å². The summed E-state index contributed by atoms with van der Waals surface area (Å²) in [6, 6.07) is 7.84. The number of benzene rings is 1. The van der Waals surface area contributed by atoms with Crippen LogP contribution in [0.25, 0.3) is 10.9 Å². The number of halogens is 1. The van der Waals surface area contributed by atoms with Crippen molar-refractivity contribution >= 4 is 16.7 Å². The second-order valence-corrected chi connectivity index (χ2v) is 4.55. The Hall–Kier alpha value is -2.47. The molecule has 0 aliphatic heterocycles. The molecule has 6 heteroatoms. The van der Waals surface area contributed by atoms with Gasteiger partial charge in [-0.25, -0.2) is 14.4 Å². The third-order valence-corrected chi connectivity index (χ3v) is 3.13. The lowest BCUT2D eigenvalue weighted by atomic mass is 10.2. The maximum atomic E-state index is 13.4.